The summed E-state index contributed by atoms with van der Waals surface area (Å²) in [4.78, 5) is 8.81. The molecule has 0 spiro atoms. The Kier molecular flexibility index (Phi) is 8.09. The van der Waals surface area contributed by atoms with Gasteiger partial charge in [0.25, 0.3) is 6.43 Å². The molecule has 0 fully saturated rings. The van der Waals surface area contributed by atoms with Crippen molar-refractivity contribution in [2.24, 2.45) is 5.41 Å². The third-order valence-corrected chi connectivity index (χ3v) is 4.89. The fourth-order valence-electron chi connectivity index (χ4n) is 2.50. The lowest BCUT2D eigenvalue weighted by atomic mass is 9.72. The van der Waals surface area contributed by atoms with Crippen LogP contribution >= 0.6 is 0 Å². The van der Waals surface area contributed by atoms with Gasteiger partial charge >= 0.3 is 0 Å². The number of carbonyl (C=O) groups excluding carboxylic acids is 1. The standard InChI is InChI=1S/C20H24F2O.C2H4O/c1-19(2,20(3,23)18(21)22)14-13-15-9-11-17(12-10-15)16-7-5-4-6-8-16;1-2-3/h4-12,18,23H,13-14H2,1-3H3;2H,1H3. The molecule has 26 heavy (non-hydrogen) atoms. The van der Waals surface area contributed by atoms with Crippen LogP contribution < -0.4 is 0 Å². The van der Waals surface area contributed by atoms with E-state index in [1.54, 1.807) is 13.8 Å². The van der Waals surface area contributed by atoms with E-state index in [4.69, 9.17) is 4.79 Å². The van der Waals surface area contributed by atoms with E-state index in [1.165, 1.54) is 13.8 Å². The summed E-state index contributed by atoms with van der Waals surface area (Å²) in [5, 5.41) is 10.0. The Morgan fingerprint density at radius 3 is 1.88 bits per heavy atom. The molecule has 0 saturated heterocycles. The molecule has 0 aliphatic rings. The number of hydrogen-bond donors (Lipinski definition) is 1. The van der Waals surface area contributed by atoms with Crippen LogP contribution in [0.3, 0.4) is 0 Å². The molecule has 2 rings (SSSR count). The highest BCUT2D eigenvalue weighted by Gasteiger charge is 2.46. The van der Waals surface area contributed by atoms with Gasteiger partial charge in [0.15, 0.2) is 0 Å². The number of alkyl halides is 2. The SMILES string of the molecule is CC(C)(CCc1ccc(-c2ccccc2)cc1)C(C)(O)C(F)F.CC=O. The van der Waals surface area contributed by atoms with Crippen molar-refractivity contribution in [3.63, 3.8) is 0 Å². The molecular formula is C22H28F2O2. The van der Waals surface area contributed by atoms with Crippen LogP contribution in [-0.4, -0.2) is 23.4 Å². The molecule has 0 aliphatic heterocycles. The predicted octanol–water partition coefficient (Wildman–Crippen LogP) is 5.53. The van der Waals surface area contributed by atoms with Crippen molar-refractivity contribution in [2.45, 2.75) is 52.6 Å². The zero-order valence-electron chi connectivity index (χ0n) is 15.9. The van der Waals surface area contributed by atoms with Gasteiger partial charge in [-0.15, -0.1) is 0 Å². The van der Waals surface area contributed by atoms with E-state index in [9.17, 15) is 13.9 Å². The molecular weight excluding hydrogens is 334 g/mol. The maximum absolute atomic E-state index is 13.0. The molecule has 2 aromatic rings. The average Bonchev–Trinajstić information content (AvgIpc) is 2.61. The van der Waals surface area contributed by atoms with Gasteiger partial charge in [0.1, 0.15) is 11.9 Å². The zero-order chi connectivity index (χ0) is 19.8. The minimum atomic E-state index is -2.75. The van der Waals surface area contributed by atoms with Crippen LogP contribution in [0.25, 0.3) is 11.1 Å². The number of carbonyl (C=O) groups is 1. The molecule has 2 nitrogen and oxygen atoms in total. The number of rotatable bonds is 6. The van der Waals surface area contributed by atoms with E-state index in [2.05, 4.69) is 12.1 Å². The monoisotopic (exact) mass is 362 g/mol. The Morgan fingerprint density at radius 1 is 0.962 bits per heavy atom. The molecule has 1 N–H and O–H groups in total. The van der Waals surface area contributed by atoms with Gasteiger partial charge in [-0.05, 0) is 48.8 Å². The van der Waals surface area contributed by atoms with Gasteiger partial charge in [0.2, 0.25) is 0 Å². The zero-order valence-corrected chi connectivity index (χ0v) is 15.9. The van der Waals surface area contributed by atoms with Crippen molar-refractivity contribution >= 4 is 6.29 Å². The summed E-state index contributed by atoms with van der Waals surface area (Å²) in [5.41, 5.74) is 0.520. The maximum Gasteiger partial charge on any atom is 0.267 e. The average molecular weight is 362 g/mol. The maximum atomic E-state index is 13.0. The van der Waals surface area contributed by atoms with Crippen molar-refractivity contribution in [3.8, 4) is 11.1 Å². The van der Waals surface area contributed by atoms with Crippen LogP contribution in [0.4, 0.5) is 8.78 Å². The Hall–Kier alpha value is -2.07. The quantitative estimate of drug-likeness (QED) is 0.686. The predicted molar refractivity (Wildman–Crippen MR) is 102 cm³/mol. The minimum Gasteiger partial charge on any atom is -0.384 e. The molecule has 0 aromatic heterocycles. The molecule has 0 aliphatic carbocycles. The summed E-state index contributed by atoms with van der Waals surface area (Å²) in [6, 6.07) is 18.2. The molecule has 1 unspecified atom stereocenters. The van der Waals surface area contributed by atoms with Crippen molar-refractivity contribution < 1.29 is 18.7 Å². The molecule has 0 radical (unpaired) electrons. The van der Waals surface area contributed by atoms with Crippen molar-refractivity contribution in [3.05, 3.63) is 60.2 Å². The first-order valence-corrected chi connectivity index (χ1v) is 8.70. The minimum absolute atomic E-state index is 0.495. The second kappa shape index (κ2) is 9.58. The van der Waals surface area contributed by atoms with Crippen LogP contribution in [-0.2, 0) is 11.2 Å². The second-order valence-corrected chi connectivity index (χ2v) is 7.13. The number of aliphatic hydroxyl groups is 1. The molecule has 2 aromatic carbocycles. The van der Waals surface area contributed by atoms with Crippen molar-refractivity contribution in [2.75, 3.05) is 0 Å². The summed E-state index contributed by atoms with van der Waals surface area (Å²) in [7, 11) is 0. The van der Waals surface area contributed by atoms with Crippen LogP contribution in [0.15, 0.2) is 54.6 Å². The third-order valence-electron chi connectivity index (χ3n) is 4.89. The van der Waals surface area contributed by atoms with Crippen LogP contribution in [0, 0.1) is 5.41 Å². The summed E-state index contributed by atoms with van der Waals surface area (Å²) in [5.74, 6) is 0. The largest absolute Gasteiger partial charge is 0.384 e. The number of aldehydes is 1. The smallest absolute Gasteiger partial charge is 0.267 e. The van der Waals surface area contributed by atoms with Gasteiger partial charge < -0.3 is 9.90 Å². The summed E-state index contributed by atoms with van der Waals surface area (Å²) >= 11 is 0. The molecule has 0 heterocycles. The second-order valence-electron chi connectivity index (χ2n) is 7.13. The van der Waals surface area contributed by atoms with E-state index in [1.807, 2.05) is 42.5 Å². The Balaban J connectivity index is 0.00000105. The van der Waals surface area contributed by atoms with Crippen molar-refractivity contribution in [1.29, 1.82) is 0 Å². The van der Waals surface area contributed by atoms with Gasteiger partial charge in [-0.1, -0.05) is 68.4 Å². The fraction of sp³-hybridized carbons (Fsp3) is 0.409. The normalized spacial score (nSPS) is 13.5. The first-order chi connectivity index (χ1) is 12.2. The fourth-order valence-corrected chi connectivity index (χ4v) is 2.50. The van der Waals surface area contributed by atoms with E-state index in [0.717, 1.165) is 23.0 Å². The van der Waals surface area contributed by atoms with E-state index in [-0.39, 0.29) is 0 Å². The summed E-state index contributed by atoms with van der Waals surface area (Å²) in [6.45, 7) is 6.05. The lowest BCUT2D eigenvalue weighted by molar-refractivity contribution is -0.154. The Labute approximate surface area is 154 Å². The topological polar surface area (TPSA) is 37.3 Å². The van der Waals surface area contributed by atoms with E-state index >= 15 is 0 Å². The molecule has 0 amide bonds. The van der Waals surface area contributed by atoms with Gasteiger partial charge in [-0.25, -0.2) is 8.78 Å². The van der Waals surface area contributed by atoms with E-state index < -0.39 is 17.4 Å². The van der Waals surface area contributed by atoms with Crippen LogP contribution in [0.1, 0.15) is 39.7 Å². The highest BCUT2D eigenvalue weighted by Crippen LogP contribution is 2.39. The summed E-state index contributed by atoms with van der Waals surface area (Å²) in [6.07, 6.45) is -0.849. The molecule has 4 heteroatoms. The van der Waals surface area contributed by atoms with Gasteiger partial charge in [-0.2, -0.15) is 0 Å². The van der Waals surface area contributed by atoms with Crippen LogP contribution in [0.5, 0.6) is 0 Å². The third kappa shape index (κ3) is 5.73. The highest BCUT2D eigenvalue weighted by atomic mass is 19.3. The summed E-state index contributed by atoms with van der Waals surface area (Å²) < 4.78 is 26.0. The Bertz CT molecular complexity index is 662. The first-order valence-electron chi connectivity index (χ1n) is 8.70. The lowest BCUT2D eigenvalue weighted by Crippen LogP contribution is -2.48. The van der Waals surface area contributed by atoms with Crippen molar-refractivity contribution in [1.82, 2.24) is 0 Å². The van der Waals surface area contributed by atoms with Gasteiger partial charge in [0, 0.05) is 0 Å². The molecule has 142 valence electrons. The van der Waals surface area contributed by atoms with E-state index in [0.29, 0.717) is 12.8 Å². The highest BCUT2D eigenvalue weighted by molar-refractivity contribution is 5.63. The number of hydrogen-bond acceptors (Lipinski definition) is 2. The number of halogens is 2. The van der Waals surface area contributed by atoms with Gasteiger partial charge in [0.05, 0.1) is 0 Å². The van der Waals surface area contributed by atoms with Gasteiger partial charge in [-0.3, -0.25) is 0 Å². The number of aryl methyl sites for hydroxylation is 1. The molecule has 0 bridgehead atoms. The first kappa shape index (κ1) is 22.0. The lowest BCUT2D eigenvalue weighted by Gasteiger charge is -2.39. The number of benzene rings is 2. The van der Waals surface area contributed by atoms with Crippen LogP contribution in [0.2, 0.25) is 0 Å². The molecule has 1 atom stereocenters. The molecule has 0 saturated carbocycles. The Morgan fingerprint density at radius 2 is 1.42 bits per heavy atom.